The van der Waals surface area contributed by atoms with Crippen LogP contribution < -0.4 is 15.9 Å². The van der Waals surface area contributed by atoms with Gasteiger partial charge in [-0.1, -0.05) is 0 Å². The number of nitrogens with zero attached hydrogens (tertiary/aromatic N) is 1. The summed E-state index contributed by atoms with van der Waals surface area (Å²) in [5.41, 5.74) is 2.66. The van der Waals surface area contributed by atoms with Gasteiger partial charge in [0.1, 0.15) is 0 Å². The molecule has 1 fully saturated rings. The van der Waals surface area contributed by atoms with E-state index in [-0.39, 0.29) is 0 Å². The van der Waals surface area contributed by atoms with Gasteiger partial charge in [0.25, 0.3) is 0 Å². The second kappa shape index (κ2) is 9.87. The van der Waals surface area contributed by atoms with Gasteiger partial charge in [0, 0.05) is 0 Å². The molecule has 0 spiro atoms. The summed E-state index contributed by atoms with van der Waals surface area (Å²) >= 11 is 13.4. The van der Waals surface area contributed by atoms with Crippen molar-refractivity contribution in [3.05, 3.63) is 131 Å². The third kappa shape index (κ3) is 4.18. The van der Waals surface area contributed by atoms with Crippen molar-refractivity contribution < 1.29 is 4.52 Å². The molecule has 0 atom stereocenters. The van der Waals surface area contributed by atoms with Crippen LogP contribution in [0.15, 0.2) is 114 Å². The maximum atomic E-state index is 6.71. The molecular formula is C31H26Cl2NOP. The molecule has 2 nitrogen and oxygen atoms in total. The summed E-state index contributed by atoms with van der Waals surface area (Å²) in [7, 11) is -2.56. The van der Waals surface area contributed by atoms with Crippen LogP contribution in [0.3, 0.4) is 0 Å². The number of halogens is 2. The fourth-order valence-corrected chi connectivity index (χ4v) is 10.7. The molecule has 0 bridgehead atoms. The molecule has 36 heavy (non-hydrogen) atoms. The molecule has 1 heterocycles. The van der Waals surface area contributed by atoms with Crippen molar-refractivity contribution in [2.45, 2.75) is 24.9 Å². The Labute approximate surface area is 222 Å². The van der Waals surface area contributed by atoms with Crippen LogP contribution in [0.5, 0.6) is 0 Å². The third-order valence-electron chi connectivity index (χ3n) is 7.21. The Morgan fingerprint density at radius 1 is 0.667 bits per heavy atom. The van der Waals surface area contributed by atoms with Crippen LogP contribution in [0.2, 0.25) is 10.0 Å². The predicted octanol–water partition coefficient (Wildman–Crippen LogP) is 7.75. The minimum atomic E-state index is -2.56. The summed E-state index contributed by atoms with van der Waals surface area (Å²) in [6, 6.07) is 38.4. The fraction of sp³-hybridized carbons (Fsp3) is 0.129. The molecule has 4 aromatic carbocycles. The van der Waals surface area contributed by atoms with E-state index in [0.29, 0.717) is 16.0 Å². The van der Waals surface area contributed by atoms with Crippen LogP contribution in [0, 0.1) is 0 Å². The van der Waals surface area contributed by atoms with Crippen molar-refractivity contribution in [1.82, 2.24) is 5.16 Å². The van der Waals surface area contributed by atoms with Gasteiger partial charge in [-0.3, -0.25) is 0 Å². The number of benzene rings is 4. The molecule has 0 radical (unpaired) electrons. The average molecular weight is 530 g/mol. The van der Waals surface area contributed by atoms with Crippen molar-refractivity contribution in [3.63, 3.8) is 0 Å². The third-order valence-corrected chi connectivity index (χ3v) is 12.7. The Morgan fingerprint density at radius 3 is 1.58 bits per heavy atom. The Balaban J connectivity index is 1.65. The summed E-state index contributed by atoms with van der Waals surface area (Å²) in [5.74, 6) is 1.39. The molecule has 5 aromatic rings. The second-order valence-electron chi connectivity index (χ2n) is 9.43. The molecule has 1 aliphatic rings. The average Bonchev–Trinajstić information content (AvgIpc) is 3.69. The minimum absolute atomic E-state index is 0.400. The quantitative estimate of drug-likeness (QED) is 0.201. The van der Waals surface area contributed by atoms with E-state index in [2.05, 4.69) is 96.2 Å². The Bertz CT molecular complexity index is 1360. The maximum absolute atomic E-state index is 6.71. The van der Waals surface area contributed by atoms with E-state index in [9.17, 15) is 0 Å². The first-order valence-corrected chi connectivity index (χ1v) is 15.2. The van der Waals surface area contributed by atoms with Crippen molar-refractivity contribution in [3.8, 4) is 11.3 Å². The molecule has 0 amide bonds. The van der Waals surface area contributed by atoms with E-state index in [1.165, 1.54) is 15.9 Å². The molecule has 0 aliphatic heterocycles. The monoisotopic (exact) mass is 529 g/mol. The van der Waals surface area contributed by atoms with Crippen LogP contribution in [-0.2, 0) is 6.16 Å². The van der Waals surface area contributed by atoms with Crippen LogP contribution in [0.4, 0.5) is 0 Å². The van der Waals surface area contributed by atoms with E-state index in [1.807, 2.05) is 18.2 Å². The van der Waals surface area contributed by atoms with Gasteiger partial charge in [0.05, 0.1) is 0 Å². The SMILES string of the molecule is Clc1cccc(Cl)c1-c1noc(C2CC2)c1C[PH](c1ccccc1)(c1ccccc1)c1ccccc1. The first kappa shape index (κ1) is 23.5. The van der Waals surface area contributed by atoms with Crippen molar-refractivity contribution in [1.29, 1.82) is 0 Å². The fourth-order valence-electron chi connectivity index (χ4n) is 5.32. The first-order valence-electron chi connectivity index (χ1n) is 12.3. The zero-order chi connectivity index (χ0) is 24.5. The molecule has 0 unspecified atom stereocenters. The molecule has 0 N–H and O–H groups in total. The molecular weight excluding hydrogens is 504 g/mol. The first-order chi connectivity index (χ1) is 17.7. The van der Waals surface area contributed by atoms with Gasteiger partial charge in [0.2, 0.25) is 0 Å². The Kier molecular flexibility index (Phi) is 6.44. The molecule has 1 aromatic heterocycles. The summed E-state index contributed by atoms with van der Waals surface area (Å²) in [6.45, 7) is 0. The van der Waals surface area contributed by atoms with Crippen LogP contribution in [0.1, 0.15) is 30.1 Å². The molecule has 1 aliphatic carbocycles. The number of hydrogen-bond acceptors (Lipinski definition) is 2. The zero-order valence-electron chi connectivity index (χ0n) is 19.7. The van der Waals surface area contributed by atoms with Crippen LogP contribution in [-0.4, -0.2) is 5.16 Å². The summed E-state index contributed by atoms with van der Waals surface area (Å²) in [5, 5.41) is 9.84. The molecule has 180 valence electrons. The van der Waals surface area contributed by atoms with Gasteiger partial charge >= 0.3 is 223 Å². The standard InChI is InChI=1S/C31H26Cl2NOP/c32-27-17-10-18-28(33)29(27)30-26(31(35-34-30)22-19-20-22)21-36(23-11-4-1-5-12-23,24-13-6-2-7-14-24)25-15-8-3-9-16-25/h1-18,22,36H,19-21H2. The van der Waals surface area contributed by atoms with E-state index in [4.69, 9.17) is 27.7 Å². The van der Waals surface area contributed by atoms with Gasteiger partial charge in [-0.25, -0.2) is 0 Å². The van der Waals surface area contributed by atoms with E-state index in [1.54, 1.807) is 0 Å². The molecule has 5 heteroatoms. The Morgan fingerprint density at radius 2 is 1.14 bits per heavy atom. The van der Waals surface area contributed by atoms with Gasteiger partial charge in [-0.05, 0) is 0 Å². The van der Waals surface area contributed by atoms with Gasteiger partial charge in [-0.2, -0.15) is 0 Å². The molecule has 6 rings (SSSR count). The number of rotatable bonds is 7. The molecule has 1 saturated carbocycles. The summed E-state index contributed by atoms with van der Waals surface area (Å²) in [6.07, 6.45) is 3.04. The second-order valence-corrected chi connectivity index (χ2v) is 14.1. The zero-order valence-corrected chi connectivity index (χ0v) is 22.2. The predicted molar refractivity (Wildman–Crippen MR) is 154 cm³/mol. The summed E-state index contributed by atoms with van der Waals surface area (Å²) < 4.78 is 6.09. The van der Waals surface area contributed by atoms with E-state index in [0.717, 1.165) is 41.6 Å². The van der Waals surface area contributed by atoms with Crippen LogP contribution in [0.25, 0.3) is 11.3 Å². The van der Waals surface area contributed by atoms with Crippen molar-refractivity contribution in [2.24, 2.45) is 0 Å². The van der Waals surface area contributed by atoms with E-state index < -0.39 is 7.26 Å². The topological polar surface area (TPSA) is 26.0 Å². The van der Waals surface area contributed by atoms with Crippen molar-refractivity contribution >= 4 is 46.4 Å². The molecule has 0 saturated heterocycles. The van der Waals surface area contributed by atoms with Crippen LogP contribution >= 0.6 is 30.5 Å². The normalized spacial score (nSPS) is 14.1. The van der Waals surface area contributed by atoms with Gasteiger partial charge in [0.15, 0.2) is 0 Å². The van der Waals surface area contributed by atoms with Gasteiger partial charge < -0.3 is 0 Å². The number of aromatic nitrogens is 1. The van der Waals surface area contributed by atoms with Crippen molar-refractivity contribution in [2.75, 3.05) is 0 Å². The summed E-state index contributed by atoms with van der Waals surface area (Å²) in [4.78, 5) is 0. The Hall–Kier alpha value is -2.90. The van der Waals surface area contributed by atoms with E-state index >= 15 is 0 Å². The number of hydrogen-bond donors (Lipinski definition) is 0. The van der Waals surface area contributed by atoms with Gasteiger partial charge in [-0.15, -0.1) is 0 Å².